The van der Waals surface area contributed by atoms with E-state index in [9.17, 15) is 4.79 Å². The zero-order valence-electron chi connectivity index (χ0n) is 16.0. The normalized spacial score (nSPS) is 17.5. The third-order valence-electron chi connectivity index (χ3n) is 5.78. The molecule has 0 spiro atoms. The monoisotopic (exact) mass is 366 g/mol. The van der Waals surface area contributed by atoms with Crippen LogP contribution in [0.1, 0.15) is 50.1 Å². The lowest BCUT2D eigenvalue weighted by molar-refractivity contribution is 0.218. The van der Waals surface area contributed by atoms with Crippen LogP contribution < -0.4 is 5.56 Å². The predicted octanol–water partition coefficient (Wildman–Crippen LogP) is 5.37. The van der Waals surface area contributed by atoms with Gasteiger partial charge in [-0.1, -0.05) is 52.0 Å². The predicted molar refractivity (Wildman–Crippen MR) is 110 cm³/mol. The minimum atomic E-state index is 0.0104. The number of aryl methyl sites for hydroxylation is 2. The third kappa shape index (κ3) is 3.01. The highest BCUT2D eigenvalue weighted by Gasteiger charge is 2.31. The average molecular weight is 367 g/mol. The number of aromatic nitrogens is 2. The number of thiophene rings is 1. The summed E-state index contributed by atoms with van der Waals surface area (Å²) in [4.78, 5) is 22.9. The van der Waals surface area contributed by atoms with Gasteiger partial charge in [-0.25, -0.2) is 4.98 Å². The van der Waals surface area contributed by atoms with Crippen molar-refractivity contribution in [2.75, 3.05) is 0 Å². The van der Waals surface area contributed by atoms with Gasteiger partial charge in [-0.15, -0.1) is 11.3 Å². The molecule has 2 aromatic heterocycles. The van der Waals surface area contributed by atoms with Gasteiger partial charge in [0.1, 0.15) is 10.7 Å². The third-order valence-corrected chi connectivity index (χ3v) is 6.93. The first-order chi connectivity index (χ1) is 12.4. The Morgan fingerprint density at radius 1 is 1.23 bits per heavy atom. The van der Waals surface area contributed by atoms with Crippen LogP contribution in [0, 0.1) is 11.3 Å². The summed E-state index contributed by atoms with van der Waals surface area (Å²) in [5.41, 5.74) is 3.82. The minimum absolute atomic E-state index is 0.0104. The van der Waals surface area contributed by atoms with Gasteiger partial charge in [0, 0.05) is 10.4 Å². The number of nitrogens with one attached hydrogen (secondary N) is 1. The van der Waals surface area contributed by atoms with Crippen LogP contribution in [0.25, 0.3) is 21.6 Å². The Balaban J connectivity index is 1.78. The van der Waals surface area contributed by atoms with E-state index in [1.54, 1.807) is 11.3 Å². The van der Waals surface area contributed by atoms with Crippen LogP contribution in [0.2, 0.25) is 0 Å². The lowest BCUT2D eigenvalue weighted by Crippen LogP contribution is -2.26. The number of hydrogen-bond acceptors (Lipinski definition) is 3. The standard InChI is InChI=1S/C22H26N2OS/c1-5-13-6-8-14(9-7-13)19-23-20(25)18-16-11-10-15(22(2,3)4)12-17(16)26-21(18)24-19/h6-9,15H,5,10-12H2,1-4H3,(H,23,24,25). The van der Waals surface area contributed by atoms with E-state index in [2.05, 4.69) is 44.8 Å². The number of benzene rings is 1. The summed E-state index contributed by atoms with van der Waals surface area (Å²) in [6.07, 6.45) is 4.23. The van der Waals surface area contributed by atoms with Crippen molar-refractivity contribution in [3.8, 4) is 11.4 Å². The molecule has 3 nitrogen and oxygen atoms in total. The van der Waals surface area contributed by atoms with E-state index < -0.39 is 0 Å². The van der Waals surface area contributed by atoms with Crippen molar-refractivity contribution in [1.82, 2.24) is 9.97 Å². The first kappa shape index (κ1) is 17.5. The van der Waals surface area contributed by atoms with Crippen molar-refractivity contribution in [2.45, 2.75) is 53.4 Å². The molecule has 1 aliphatic carbocycles. The molecule has 0 saturated heterocycles. The maximum atomic E-state index is 12.8. The van der Waals surface area contributed by atoms with Crippen LogP contribution in [0.5, 0.6) is 0 Å². The van der Waals surface area contributed by atoms with Crippen LogP contribution in [0.3, 0.4) is 0 Å². The molecule has 1 N–H and O–H groups in total. The fourth-order valence-corrected chi connectivity index (χ4v) is 5.26. The van der Waals surface area contributed by atoms with Crippen molar-refractivity contribution in [3.05, 3.63) is 50.6 Å². The Morgan fingerprint density at radius 3 is 2.62 bits per heavy atom. The van der Waals surface area contributed by atoms with Gasteiger partial charge in [0.2, 0.25) is 0 Å². The molecule has 1 aliphatic rings. The molecular formula is C22H26N2OS. The highest BCUT2D eigenvalue weighted by molar-refractivity contribution is 7.18. The highest BCUT2D eigenvalue weighted by Crippen LogP contribution is 2.42. The molecule has 0 radical (unpaired) electrons. The van der Waals surface area contributed by atoms with Gasteiger partial charge in [-0.05, 0) is 48.1 Å². The molecule has 1 aromatic carbocycles. The average Bonchev–Trinajstić information content (AvgIpc) is 2.99. The fourth-order valence-electron chi connectivity index (χ4n) is 3.96. The summed E-state index contributed by atoms with van der Waals surface area (Å²) in [7, 11) is 0. The van der Waals surface area contributed by atoms with E-state index in [0.29, 0.717) is 17.2 Å². The summed E-state index contributed by atoms with van der Waals surface area (Å²) in [6.45, 7) is 9.10. The van der Waals surface area contributed by atoms with Crippen molar-refractivity contribution >= 4 is 21.6 Å². The Bertz CT molecular complexity index is 1010. The summed E-state index contributed by atoms with van der Waals surface area (Å²) >= 11 is 1.72. The van der Waals surface area contributed by atoms with E-state index in [0.717, 1.165) is 41.5 Å². The Morgan fingerprint density at radius 2 is 1.96 bits per heavy atom. The maximum absolute atomic E-state index is 12.8. The number of hydrogen-bond donors (Lipinski definition) is 1. The van der Waals surface area contributed by atoms with Crippen molar-refractivity contribution < 1.29 is 0 Å². The van der Waals surface area contributed by atoms with Gasteiger partial charge in [-0.3, -0.25) is 4.79 Å². The van der Waals surface area contributed by atoms with E-state index in [1.807, 2.05) is 12.1 Å². The Labute approximate surface area is 158 Å². The number of rotatable bonds is 2. The van der Waals surface area contributed by atoms with Gasteiger partial charge >= 0.3 is 0 Å². The van der Waals surface area contributed by atoms with Crippen molar-refractivity contribution in [2.24, 2.45) is 11.3 Å². The zero-order valence-corrected chi connectivity index (χ0v) is 16.8. The molecule has 4 heteroatoms. The number of H-pyrrole nitrogens is 1. The van der Waals surface area contributed by atoms with Crippen LogP contribution in [-0.2, 0) is 19.3 Å². The molecule has 0 amide bonds. The van der Waals surface area contributed by atoms with Gasteiger partial charge in [-0.2, -0.15) is 0 Å². The second kappa shape index (κ2) is 6.34. The van der Waals surface area contributed by atoms with E-state index >= 15 is 0 Å². The van der Waals surface area contributed by atoms with Crippen molar-refractivity contribution in [3.63, 3.8) is 0 Å². The number of aromatic amines is 1. The summed E-state index contributed by atoms with van der Waals surface area (Å²) in [5, 5.41) is 0.825. The molecule has 26 heavy (non-hydrogen) atoms. The molecule has 0 bridgehead atoms. The number of nitrogens with zero attached hydrogens (tertiary/aromatic N) is 1. The summed E-state index contributed by atoms with van der Waals surface area (Å²) in [6, 6.07) is 8.30. The van der Waals surface area contributed by atoms with Crippen LogP contribution >= 0.6 is 11.3 Å². The van der Waals surface area contributed by atoms with Gasteiger partial charge in [0.05, 0.1) is 5.39 Å². The van der Waals surface area contributed by atoms with Gasteiger partial charge < -0.3 is 4.98 Å². The molecule has 1 atom stereocenters. The summed E-state index contributed by atoms with van der Waals surface area (Å²) < 4.78 is 0. The molecule has 0 fully saturated rings. The first-order valence-electron chi connectivity index (χ1n) is 9.50. The highest BCUT2D eigenvalue weighted by atomic mass is 32.1. The quantitative estimate of drug-likeness (QED) is 0.663. The Kier molecular flexibility index (Phi) is 4.26. The molecule has 3 aromatic rings. The number of fused-ring (bicyclic) bond motifs is 3. The van der Waals surface area contributed by atoms with E-state index in [1.165, 1.54) is 16.0 Å². The van der Waals surface area contributed by atoms with Crippen LogP contribution in [-0.4, -0.2) is 9.97 Å². The molecule has 2 heterocycles. The topological polar surface area (TPSA) is 45.8 Å². The van der Waals surface area contributed by atoms with E-state index in [-0.39, 0.29) is 5.56 Å². The SMILES string of the molecule is CCc1ccc(-c2nc3sc4c(c3c(=O)[nH]2)CCC(C(C)(C)C)C4)cc1. The summed E-state index contributed by atoms with van der Waals surface area (Å²) in [5.74, 6) is 1.35. The van der Waals surface area contributed by atoms with Gasteiger partial charge in [0.15, 0.2) is 0 Å². The van der Waals surface area contributed by atoms with E-state index in [4.69, 9.17) is 4.98 Å². The largest absolute Gasteiger partial charge is 0.306 e. The smallest absolute Gasteiger partial charge is 0.260 e. The van der Waals surface area contributed by atoms with Crippen molar-refractivity contribution in [1.29, 1.82) is 0 Å². The van der Waals surface area contributed by atoms with Crippen LogP contribution in [0.15, 0.2) is 29.1 Å². The van der Waals surface area contributed by atoms with Crippen LogP contribution in [0.4, 0.5) is 0 Å². The molecule has 136 valence electrons. The maximum Gasteiger partial charge on any atom is 0.260 e. The second-order valence-electron chi connectivity index (χ2n) is 8.45. The van der Waals surface area contributed by atoms with Gasteiger partial charge in [0.25, 0.3) is 5.56 Å². The minimum Gasteiger partial charge on any atom is -0.306 e. The molecule has 4 rings (SSSR count). The Hall–Kier alpha value is -1.94. The molecular weight excluding hydrogens is 340 g/mol. The lowest BCUT2D eigenvalue weighted by Gasteiger charge is -2.33. The second-order valence-corrected chi connectivity index (χ2v) is 9.54. The lowest BCUT2D eigenvalue weighted by atomic mass is 9.72. The zero-order chi connectivity index (χ0) is 18.5. The molecule has 0 saturated carbocycles. The molecule has 1 unspecified atom stereocenters. The molecule has 0 aliphatic heterocycles. The fraction of sp³-hybridized carbons (Fsp3) is 0.455. The first-order valence-corrected chi connectivity index (χ1v) is 10.3.